The summed E-state index contributed by atoms with van der Waals surface area (Å²) in [5, 5.41) is 0. The van der Waals surface area contributed by atoms with E-state index in [4.69, 9.17) is 9.47 Å². The van der Waals surface area contributed by atoms with E-state index >= 15 is 0 Å². The Morgan fingerprint density at radius 3 is 2.39 bits per heavy atom. The lowest BCUT2D eigenvalue weighted by Crippen LogP contribution is -2.27. The van der Waals surface area contributed by atoms with Crippen molar-refractivity contribution in [1.29, 1.82) is 0 Å². The number of nitrogens with zero attached hydrogens (tertiary/aromatic N) is 2. The van der Waals surface area contributed by atoms with Gasteiger partial charge in [-0.1, -0.05) is 18.2 Å². The first-order valence-corrected chi connectivity index (χ1v) is 12.0. The fourth-order valence-electron chi connectivity index (χ4n) is 3.53. The normalized spacial score (nSPS) is 14.5. The molecule has 0 N–H and O–H groups in total. The summed E-state index contributed by atoms with van der Waals surface area (Å²) < 4.78 is 37.7. The second-order valence-electron chi connectivity index (χ2n) is 7.52. The van der Waals surface area contributed by atoms with Gasteiger partial charge in [0.05, 0.1) is 23.3 Å². The van der Waals surface area contributed by atoms with Crippen LogP contribution in [0, 0.1) is 0 Å². The number of hydrogen-bond donors (Lipinski definition) is 0. The molecule has 8 heteroatoms. The average Bonchev–Trinajstić information content (AvgIpc) is 3.40. The molecular weight excluding hydrogens is 440 g/mol. The highest BCUT2D eigenvalue weighted by atomic mass is 32.2. The van der Waals surface area contributed by atoms with Crippen LogP contribution >= 0.6 is 0 Å². The van der Waals surface area contributed by atoms with E-state index in [9.17, 15) is 13.2 Å². The van der Waals surface area contributed by atoms with E-state index in [0.29, 0.717) is 18.8 Å². The average molecular weight is 465 g/mol. The first-order valence-electron chi connectivity index (χ1n) is 10.6. The van der Waals surface area contributed by atoms with Gasteiger partial charge < -0.3 is 9.47 Å². The zero-order valence-electron chi connectivity index (χ0n) is 18.2. The molecule has 170 valence electrons. The minimum Gasteiger partial charge on any atom is -0.493 e. The van der Waals surface area contributed by atoms with E-state index in [0.717, 1.165) is 24.1 Å². The van der Waals surface area contributed by atoms with Crippen LogP contribution < -0.4 is 9.47 Å². The Morgan fingerprint density at radius 1 is 0.970 bits per heavy atom. The van der Waals surface area contributed by atoms with Crippen molar-refractivity contribution in [2.24, 2.45) is 0 Å². The molecule has 1 aromatic heterocycles. The number of carbonyl (C=O) groups excluding carboxylic acids is 1. The summed E-state index contributed by atoms with van der Waals surface area (Å²) >= 11 is 0. The summed E-state index contributed by atoms with van der Waals surface area (Å²) in [6.45, 7) is 1.05. The lowest BCUT2D eigenvalue weighted by atomic mass is 10.1. The van der Waals surface area contributed by atoms with Crippen LogP contribution in [-0.2, 0) is 10.0 Å². The monoisotopic (exact) mass is 464 g/mol. The van der Waals surface area contributed by atoms with Gasteiger partial charge in [-0.05, 0) is 73.0 Å². The quantitative estimate of drug-likeness (QED) is 0.384. The molecule has 0 atom stereocenters. The second kappa shape index (κ2) is 9.97. The third-order valence-corrected chi connectivity index (χ3v) is 7.23. The van der Waals surface area contributed by atoms with Crippen molar-refractivity contribution in [2.75, 3.05) is 20.2 Å². The zero-order valence-corrected chi connectivity index (χ0v) is 19.0. The number of aromatic nitrogens is 1. The summed E-state index contributed by atoms with van der Waals surface area (Å²) in [6.07, 6.45) is 7.21. The van der Waals surface area contributed by atoms with Gasteiger partial charge in [0.1, 0.15) is 0 Å². The van der Waals surface area contributed by atoms with Crippen LogP contribution in [0.25, 0.3) is 12.2 Å². The molecule has 1 saturated heterocycles. The van der Waals surface area contributed by atoms with Crippen LogP contribution in [0.3, 0.4) is 0 Å². The van der Waals surface area contributed by atoms with E-state index in [1.54, 1.807) is 24.4 Å². The van der Waals surface area contributed by atoms with Crippen LogP contribution in [0.15, 0.2) is 71.8 Å². The molecule has 0 radical (unpaired) electrons. The second-order valence-corrected chi connectivity index (χ2v) is 9.46. The number of sulfonamides is 1. The molecule has 4 rings (SSSR count). The van der Waals surface area contributed by atoms with E-state index in [2.05, 4.69) is 4.98 Å². The molecule has 7 nitrogen and oxygen atoms in total. The standard InChI is InChI=1S/C25H24N2O5S/c1-31-24-18-19(7-11-21-6-2-3-15-26-21)8-14-23(24)32-25(28)20-9-12-22(13-10-20)33(29,30)27-16-4-5-17-27/h2-3,6-15,18H,4-5,16-17H2,1H3/b11-7+. The van der Waals surface area contributed by atoms with Gasteiger partial charge in [-0.15, -0.1) is 0 Å². The van der Waals surface area contributed by atoms with Crippen molar-refractivity contribution in [2.45, 2.75) is 17.7 Å². The SMILES string of the molecule is COc1cc(/C=C/c2ccccn2)ccc1OC(=O)c1ccc(S(=O)(=O)N2CCCC2)cc1. The molecule has 1 aliphatic heterocycles. The number of ether oxygens (including phenoxy) is 2. The van der Waals surface area contributed by atoms with Gasteiger partial charge in [-0.3, -0.25) is 4.98 Å². The molecule has 1 fully saturated rings. The van der Waals surface area contributed by atoms with Crippen molar-refractivity contribution < 1.29 is 22.7 Å². The molecule has 2 aromatic carbocycles. The number of esters is 1. The first kappa shape index (κ1) is 22.7. The number of pyridine rings is 1. The summed E-state index contributed by atoms with van der Waals surface area (Å²) in [7, 11) is -2.03. The Labute approximate surface area is 193 Å². The minimum absolute atomic E-state index is 0.169. The minimum atomic E-state index is -3.53. The van der Waals surface area contributed by atoms with E-state index in [1.165, 1.54) is 35.7 Å². The lowest BCUT2D eigenvalue weighted by Gasteiger charge is -2.15. The molecule has 3 aromatic rings. The maximum atomic E-state index is 12.6. The number of methoxy groups -OCH3 is 1. The summed E-state index contributed by atoms with van der Waals surface area (Å²) in [6, 6.07) is 16.7. The maximum Gasteiger partial charge on any atom is 0.343 e. The highest BCUT2D eigenvalue weighted by Gasteiger charge is 2.27. The van der Waals surface area contributed by atoms with Crippen LogP contribution in [0.1, 0.15) is 34.5 Å². The molecule has 0 spiro atoms. The van der Waals surface area contributed by atoms with Gasteiger partial charge in [0.2, 0.25) is 10.0 Å². The third kappa shape index (κ3) is 5.30. The molecule has 0 aliphatic carbocycles. The van der Waals surface area contributed by atoms with Gasteiger partial charge in [0.25, 0.3) is 0 Å². The zero-order chi connectivity index (χ0) is 23.3. The van der Waals surface area contributed by atoms with Crippen molar-refractivity contribution in [3.8, 4) is 11.5 Å². The summed E-state index contributed by atoms with van der Waals surface area (Å²) in [5.41, 5.74) is 1.92. The Kier molecular flexibility index (Phi) is 6.86. The number of benzene rings is 2. The third-order valence-electron chi connectivity index (χ3n) is 5.32. The Balaban J connectivity index is 1.47. The molecule has 33 heavy (non-hydrogen) atoms. The van der Waals surface area contributed by atoms with E-state index < -0.39 is 16.0 Å². The first-order chi connectivity index (χ1) is 16.0. The largest absolute Gasteiger partial charge is 0.493 e. The van der Waals surface area contributed by atoms with Crippen molar-refractivity contribution in [3.63, 3.8) is 0 Å². The molecule has 2 heterocycles. The number of rotatable bonds is 7. The lowest BCUT2D eigenvalue weighted by molar-refractivity contribution is 0.0729. The van der Waals surface area contributed by atoms with Crippen LogP contribution in [-0.4, -0.2) is 43.9 Å². The van der Waals surface area contributed by atoms with E-state index in [1.807, 2.05) is 30.4 Å². The Bertz CT molecular complexity index is 1250. The molecular formula is C25H24N2O5S. The molecule has 0 unspecified atom stereocenters. The van der Waals surface area contributed by atoms with Gasteiger partial charge in [0.15, 0.2) is 11.5 Å². The summed E-state index contributed by atoms with van der Waals surface area (Å²) in [4.78, 5) is 17.0. The predicted molar refractivity (Wildman–Crippen MR) is 126 cm³/mol. The van der Waals surface area contributed by atoms with Crippen molar-refractivity contribution in [1.82, 2.24) is 9.29 Å². The Morgan fingerprint density at radius 2 is 1.73 bits per heavy atom. The molecule has 0 bridgehead atoms. The highest BCUT2D eigenvalue weighted by Crippen LogP contribution is 2.30. The molecule has 1 aliphatic rings. The maximum absolute atomic E-state index is 12.6. The van der Waals surface area contributed by atoms with Crippen LogP contribution in [0.4, 0.5) is 0 Å². The van der Waals surface area contributed by atoms with Gasteiger partial charge in [-0.25, -0.2) is 13.2 Å². The van der Waals surface area contributed by atoms with Crippen LogP contribution in [0.2, 0.25) is 0 Å². The number of carbonyl (C=O) groups is 1. The fraction of sp³-hybridized carbons (Fsp3) is 0.200. The van der Waals surface area contributed by atoms with Crippen molar-refractivity contribution >= 4 is 28.1 Å². The topological polar surface area (TPSA) is 85.8 Å². The van der Waals surface area contributed by atoms with Gasteiger partial charge in [-0.2, -0.15) is 4.31 Å². The summed E-state index contributed by atoms with van der Waals surface area (Å²) in [5.74, 6) is 0.0706. The highest BCUT2D eigenvalue weighted by molar-refractivity contribution is 7.89. The van der Waals surface area contributed by atoms with E-state index in [-0.39, 0.29) is 16.2 Å². The molecule has 0 saturated carbocycles. The Hall–Kier alpha value is -3.49. The van der Waals surface area contributed by atoms with Gasteiger partial charge >= 0.3 is 5.97 Å². The molecule has 0 amide bonds. The van der Waals surface area contributed by atoms with Crippen molar-refractivity contribution in [3.05, 3.63) is 83.7 Å². The number of hydrogen-bond acceptors (Lipinski definition) is 6. The predicted octanol–water partition coefficient (Wildman–Crippen LogP) is 4.26. The van der Waals surface area contributed by atoms with Crippen LogP contribution in [0.5, 0.6) is 11.5 Å². The fourth-order valence-corrected chi connectivity index (χ4v) is 5.04. The smallest absolute Gasteiger partial charge is 0.343 e. The van der Waals surface area contributed by atoms with Gasteiger partial charge in [0, 0.05) is 19.3 Å².